The Balaban J connectivity index is 1.65. The molecule has 0 aliphatic carbocycles. The van der Waals surface area contributed by atoms with Gasteiger partial charge in [-0.1, -0.05) is 6.07 Å². The maximum atomic E-state index is 11.9. The SMILES string of the molecule is COc1ccc(N2C(=S)N[C@@H](c3ccccn3)[C@@H]2c2cc(C)n(-c3ccc(N(C)C)cc3)c2C)cc1NC(C)=O. The summed E-state index contributed by atoms with van der Waals surface area (Å²) in [6.45, 7) is 5.75. The highest BCUT2D eigenvalue weighted by atomic mass is 32.1. The van der Waals surface area contributed by atoms with E-state index < -0.39 is 0 Å². The zero-order valence-corrected chi connectivity index (χ0v) is 24.4. The lowest BCUT2D eigenvalue weighted by molar-refractivity contribution is -0.114. The van der Waals surface area contributed by atoms with E-state index in [-0.39, 0.29) is 18.0 Å². The molecule has 5 rings (SSSR count). The molecule has 40 heavy (non-hydrogen) atoms. The lowest BCUT2D eigenvalue weighted by atomic mass is 9.96. The summed E-state index contributed by atoms with van der Waals surface area (Å²) < 4.78 is 7.78. The van der Waals surface area contributed by atoms with Crippen molar-refractivity contribution < 1.29 is 9.53 Å². The average Bonchev–Trinajstić information content (AvgIpc) is 3.43. The molecule has 1 aliphatic heterocycles. The monoisotopic (exact) mass is 554 g/mol. The van der Waals surface area contributed by atoms with Crippen molar-refractivity contribution >= 4 is 40.3 Å². The van der Waals surface area contributed by atoms with Crippen LogP contribution < -0.4 is 25.2 Å². The van der Waals surface area contributed by atoms with Gasteiger partial charge in [0, 0.05) is 55.7 Å². The van der Waals surface area contributed by atoms with E-state index in [1.807, 2.05) is 50.5 Å². The van der Waals surface area contributed by atoms with Crippen molar-refractivity contribution in [2.24, 2.45) is 0 Å². The lowest BCUT2D eigenvalue weighted by Crippen LogP contribution is -2.29. The van der Waals surface area contributed by atoms with Gasteiger partial charge in [-0.2, -0.15) is 0 Å². The summed E-state index contributed by atoms with van der Waals surface area (Å²) >= 11 is 5.94. The Morgan fingerprint density at radius 2 is 1.77 bits per heavy atom. The average molecular weight is 555 g/mol. The van der Waals surface area contributed by atoms with Crippen LogP contribution in [0.1, 0.15) is 41.7 Å². The van der Waals surface area contributed by atoms with Gasteiger partial charge in [0.25, 0.3) is 0 Å². The molecule has 8 nitrogen and oxygen atoms in total. The number of pyridine rings is 1. The van der Waals surface area contributed by atoms with Gasteiger partial charge < -0.3 is 29.7 Å². The van der Waals surface area contributed by atoms with E-state index in [0.717, 1.165) is 39.7 Å². The summed E-state index contributed by atoms with van der Waals surface area (Å²) in [7, 11) is 5.67. The van der Waals surface area contributed by atoms with Crippen LogP contribution in [0.25, 0.3) is 5.69 Å². The molecule has 1 saturated heterocycles. The Bertz CT molecular complexity index is 1550. The highest BCUT2D eigenvalue weighted by Gasteiger charge is 2.42. The molecule has 0 saturated carbocycles. The van der Waals surface area contributed by atoms with Gasteiger partial charge in [-0.3, -0.25) is 9.78 Å². The number of methoxy groups -OCH3 is 1. The van der Waals surface area contributed by atoms with E-state index in [4.69, 9.17) is 17.0 Å². The molecule has 3 heterocycles. The molecule has 2 N–H and O–H groups in total. The number of ether oxygens (including phenoxy) is 1. The van der Waals surface area contributed by atoms with Crippen molar-refractivity contribution in [1.29, 1.82) is 0 Å². The summed E-state index contributed by atoms with van der Waals surface area (Å²) in [6.07, 6.45) is 1.80. The quantitative estimate of drug-likeness (QED) is 0.284. The summed E-state index contributed by atoms with van der Waals surface area (Å²) in [5.41, 5.74) is 7.94. The van der Waals surface area contributed by atoms with Crippen molar-refractivity contribution in [3.05, 3.63) is 95.6 Å². The van der Waals surface area contributed by atoms with Gasteiger partial charge in [0.1, 0.15) is 5.75 Å². The summed E-state index contributed by atoms with van der Waals surface area (Å²) in [6, 6.07) is 22.0. The van der Waals surface area contributed by atoms with Crippen molar-refractivity contribution in [3.63, 3.8) is 0 Å². The highest BCUT2D eigenvalue weighted by molar-refractivity contribution is 7.80. The number of carbonyl (C=O) groups is 1. The number of aromatic nitrogens is 2. The Labute approximate surface area is 240 Å². The molecule has 0 unspecified atom stereocenters. The summed E-state index contributed by atoms with van der Waals surface area (Å²) in [4.78, 5) is 20.8. The second-order valence-corrected chi connectivity index (χ2v) is 10.5. The Hall–Kier alpha value is -4.37. The fraction of sp³-hybridized carbons (Fsp3) is 0.258. The van der Waals surface area contributed by atoms with Gasteiger partial charge in [0.05, 0.1) is 30.6 Å². The van der Waals surface area contributed by atoms with Gasteiger partial charge in [-0.05, 0) is 92.3 Å². The number of hydrogen-bond acceptors (Lipinski definition) is 5. The second-order valence-electron chi connectivity index (χ2n) is 10.1. The summed E-state index contributed by atoms with van der Waals surface area (Å²) in [5.74, 6) is 0.401. The van der Waals surface area contributed by atoms with Gasteiger partial charge in [0.2, 0.25) is 5.91 Å². The first-order valence-electron chi connectivity index (χ1n) is 13.1. The first-order valence-corrected chi connectivity index (χ1v) is 13.5. The van der Waals surface area contributed by atoms with E-state index in [0.29, 0.717) is 16.5 Å². The molecule has 1 amide bonds. The van der Waals surface area contributed by atoms with E-state index in [1.165, 1.54) is 6.92 Å². The molecule has 2 atom stereocenters. The molecule has 4 aromatic rings. The molecule has 0 spiro atoms. The van der Waals surface area contributed by atoms with Crippen molar-refractivity contribution in [3.8, 4) is 11.4 Å². The zero-order chi connectivity index (χ0) is 28.6. The number of benzene rings is 2. The van der Waals surface area contributed by atoms with Crippen LogP contribution in [-0.4, -0.2) is 41.8 Å². The summed E-state index contributed by atoms with van der Waals surface area (Å²) in [5, 5.41) is 7.00. The molecule has 0 radical (unpaired) electrons. The van der Waals surface area contributed by atoms with Crippen LogP contribution in [0.5, 0.6) is 5.75 Å². The minimum absolute atomic E-state index is 0.177. The molecular formula is C31H34N6O2S. The maximum Gasteiger partial charge on any atom is 0.221 e. The largest absolute Gasteiger partial charge is 0.495 e. The predicted molar refractivity (Wildman–Crippen MR) is 165 cm³/mol. The van der Waals surface area contributed by atoms with Crippen molar-refractivity contribution in [2.75, 3.05) is 36.3 Å². The maximum absolute atomic E-state index is 11.9. The minimum Gasteiger partial charge on any atom is -0.495 e. The molecule has 2 aromatic carbocycles. The van der Waals surface area contributed by atoms with Crippen LogP contribution in [0.2, 0.25) is 0 Å². The van der Waals surface area contributed by atoms with Gasteiger partial charge in [0.15, 0.2) is 5.11 Å². The van der Waals surface area contributed by atoms with E-state index >= 15 is 0 Å². The number of nitrogens with zero attached hydrogens (tertiary/aromatic N) is 4. The third kappa shape index (κ3) is 5.00. The van der Waals surface area contributed by atoms with Gasteiger partial charge in [-0.15, -0.1) is 0 Å². The third-order valence-corrected chi connectivity index (χ3v) is 7.60. The molecule has 1 fully saturated rings. The number of amides is 1. The number of nitrogens with one attached hydrogen (secondary N) is 2. The smallest absolute Gasteiger partial charge is 0.221 e. The molecule has 206 valence electrons. The van der Waals surface area contributed by atoms with Crippen LogP contribution in [0, 0.1) is 13.8 Å². The number of thiocarbonyl (C=S) groups is 1. The van der Waals surface area contributed by atoms with Crippen LogP contribution in [0.4, 0.5) is 17.1 Å². The van der Waals surface area contributed by atoms with Gasteiger partial charge >= 0.3 is 0 Å². The van der Waals surface area contributed by atoms with E-state index in [1.54, 1.807) is 13.3 Å². The fourth-order valence-corrected chi connectivity index (χ4v) is 5.81. The number of hydrogen-bond donors (Lipinski definition) is 2. The Morgan fingerprint density at radius 1 is 1.05 bits per heavy atom. The van der Waals surface area contributed by atoms with Crippen LogP contribution in [-0.2, 0) is 4.79 Å². The van der Waals surface area contributed by atoms with Crippen LogP contribution in [0.15, 0.2) is 72.9 Å². The molecule has 9 heteroatoms. The Kier molecular flexibility index (Phi) is 7.49. The van der Waals surface area contributed by atoms with Gasteiger partial charge in [-0.25, -0.2) is 0 Å². The Morgan fingerprint density at radius 3 is 2.40 bits per heavy atom. The number of carbonyl (C=O) groups excluding carboxylic acids is 1. The van der Waals surface area contributed by atoms with Crippen molar-refractivity contribution in [2.45, 2.75) is 32.9 Å². The minimum atomic E-state index is -0.193. The standard InChI is InChI=1S/C31H34N6O2S/c1-19-17-25(20(2)36(19)23-12-10-22(11-13-23)35(4)5)30-29(26-9-7-8-16-32-26)34-31(40)37(30)24-14-15-28(39-6)27(18-24)33-21(3)38/h7-18,29-30H,1-6H3,(H,33,38)(H,34,40)/t29-,30-/m0/s1. The predicted octanol–water partition coefficient (Wildman–Crippen LogP) is 5.70. The fourth-order valence-electron chi connectivity index (χ4n) is 5.47. The highest BCUT2D eigenvalue weighted by Crippen LogP contribution is 2.45. The van der Waals surface area contributed by atoms with E-state index in [9.17, 15) is 4.79 Å². The van der Waals surface area contributed by atoms with Crippen molar-refractivity contribution in [1.82, 2.24) is 14.9 Å². The molecular weight excluding hydrogens is 520 g/mol. The topological polar surface area (TPSA) is 74.7 Å². The third-order valence-electron chi connectivity index (χ3n) is 7.28. The first-order chi connectivity index (χ1) is 19.2. The normalized spacial score (nSPS) is 16.6. The molecule has 2 aromatic heterocycles. The lowest BCUT2D eigenvalue weighted by Gasteiger charge is -2.29. The number of rotatable bonds is 7. The second kappa shape index (κ2) is 11.0. The first kappa shape index (κ1) is 27.2. The molecule has 0 bridgehead atoms. The zero-order valence-electron chi connectivity index (χ0n) is 23.6. The van der Waals surface area contributed by atoms with Crippen LogP contribution >= 0.6 is 12.2 Å². The number of anilines is 3. The molecule has 1 aliphatic rings. The van der Waals surface area contributed by atoms with Crippen LogP contribution in [0.3, 0.4) is 0 Å². The van der Waals surface area contributed by atoms with E-state index in [2.05, 4.69) is 74.2 Å². The number of aryl methyl sites for hydroxylation is 1.